The molecule has 4 heterocycles. The van der Waals surface area contributed by atoms with Crippen LogP contribution < -0.4 is 0 Å². The van der Waals surface area contributed by atoms with Gasteiger partial charge in [-0.3, -0.25) is 0 Å². The molecule has 0 bridgehead atoms. The maximum absolute atomic E-state index is 13.9. The Kier molecular flexibility index (Phi) is 5.22. The Morgan fingerprint density at radius 3 is 1.38 bits per heavy atom. The van der Waals surface area contributed by atoms with Crippen LogP contribution in [-0.2, 0) is 0 Å². The Bertz CT molecular complexity index is 1110. The van der Waals surface area contributed by atoms with Gasteiger partial charge >= 0.3 is 0 Å². The van der Waals surface area contributed by atoms with E-state index in [1.165, 1.54) is 23.9 Å². The molecule has 4 aromatic heterocycles. The molecule has 144 valence electrons. The van der Waals surface area contributed by atoms with E-state index < -0.39 is 23.8 Å². The van der Waals surface area contributed by atoms with Crippen LogP contribution in [0.2, 0.25) is 0 Å². The predicted molar refractivity (Wildman–Crippen MR) is 98.9 cm³/mol. The Balaban J connectivity index is 1.63. The third-order valence-corrected chi connectivity index (χ3v) is 4.71. The maximum Gasteiger partial charge on any atom is 0.224 e. The second-order valence-electron chi connectivity index (χ2n) is 5.77. The van der Waals surface area contributed by atoms with Crippen LogP contribution in [0.3, 0.4) is 0 Å². The van der Waals surface area contributed by atoms with Gasteiger partial charge in [0.05, 0.1) is 22.5 Å². The van der Waals surface area contributed by atoms with E-state index >= 15 is 0 Å². The summed E-state index contributed by atoms with van der Waals surface area (Å²) in [5, 5.41) is 0.988. The summed E-state index contributed by atoms with van der Waals surface area (Å²) >= 11 is 1.17. The van der Waals surface area contributed by atoms with Crippen molar-refractivity contribution in [3.63, 3.8) is 0 Å². The Morgan fingerprint density at radius 2 is 0.966 bits per heavy atom. The first-order valence-corrected chi connectivity index (χ1v) is 9.08. The number of hydrogen-bond acceptors (Lipinski definition) is 5. The summed E-state index contributed by atoms with van der Waals surface area (Å²) in [7, 11) is 0. The van der Waals surface area contributed by atoms with Crippen molar-refractivity contribution in [2.75, 3.05) is 0 Å². The molecule has 0 saturated heterocycles. The standard InChI is InChI=1S/C20H10F4N4S/c21-15-9-7-11(19(23)27-15)13-3-1-5-17(25-13)29-18-6-2-4-14(26-18)12-8-10-16(22)28-20(12)24/h1-10H. The minimum Gasteiger partial charge on any atom is -0.241 e. The Labute approximate surface area is 166 Å². The van der Waals surface area contributed by atoms with Crippen LogP contribution in [0.25, 0.3) is 22.5 Å². The number of pyridine rings is 4. The van der Waals surface area contributed by atoms with Crippen molar-refractivity contribution in [3.8, 4) is 22.5 Å². The van der Waals surface area contributed by atoms with Gasteiger partial charge in [-0.25, -0.2) is 9.97 Å². The molecule has 0 aliphatic rings. The van der Waals surface area contributed by atoms with Crippen LogP contribution in [0.4, 0.5) is 17.6 Å². The molecule has 0 amide bonds. The van der Waals surface area contributed by atoms with Gasteiger partial charge < -0.3 is 0 Å². The SMILES string of the molecule is Fc1ccc(-c2cccc(Sc3cccc(-c4ccc(F)nc4F)n3)n2)c(F)n1. The van der Waals surface area contributed by atoms with Crippen molar-refractivity contribution in [1.82, 2.24) is 19.9 Å². The Hall–Kier alpha value is -3.33. The first kappa shape index (κ1) is 19.0. The fourth-order valence-corrected chi connectivity index (χ4v) is 3.35. The van der Waals surface area contributed by atoms with Gasteiger partial charge in [0.15, 0.2) is 0 Å². The first-order chi connectivity index (χ1) is 14.0. The van der Waals surface area contributed by atoms with Crippen LogP contribution in [0, 0.1) is 23.8 Å². The second-order valence-corrected chi connectivity index (χ2v) is 6.81. The molecule has 29 heavy (non-hydrogen) atoms. The van der Waals surface area contributed by atoms with E-state index in [1.54, 1.807) is 36.4 Å². The number of halogens is 4. The summed E-state index contributed by atoms with van der Waals surface area (Å²) in [5.41, 5.74) is 0.694. The van der Waals surface area contributed by atoms with Crippen LogP contribution in [0.15, 0.2) is 70.7 Å². The number of hydrogen-bond donors (Lipinski definition) is 0. The topological polar surface area (TPSA) is 51.6 Å². The summed E-state index contributed by atoms with van der Waals surface area (Å²) in [6, 6.07) is 14.5. The molecule has 0 atom stereocenters. The van der Waals surface area contributed by atoms with Gasteiger partial charge in [-0.2, -0.15) is 27.5 Å². The van der Waals surface area contributed by atoms with Crippen LogP contribution in [0.5, 0.6) is 0 Å². The summed E-state index contributed by atoms with van der Waals surface area (Å²) in [4.78, 5) is 15.0. The highest BCUT2D eigenvalue weighted by atomic mass is 32.2. The lowest BCUT2D eigenvalue weighted by Gasteiger charge is -2.07. The Morgan fingerprint density at radius 1 is 0.517 bits per heavy atom. The average molecular weight is 414 g/mol. The molecule has 0 spiro atoms. The monoisotopic (exact) mass is 414 g/mol. The number of aromatic nitrogens is 4. The molecular weight excluding hydrogens is 404 g/mol. The average Bonchev–Trinajstić information content (AvgIpc) is 2.68. The van der Waals surface area contributed by atoms with Crippen molar-refractivity contribution in [3.05, 3.63) is 84.5 Å². The van der Waals surface area contributed by atoms with Gasteiger partial charge in [-0.05, 0) is 48.5 Å². The highest BCUT2D eigenvalue weighted by Crippen LogP contribution is 2.29. The summed E-state index contributed by atoms with van der Waals surface area (Å²) in [6.45, 7) is 0. The third-order valence-electron chi connectivity index (χ3n) is 3.84. The van der Waals surface area contributed by atoms with Crippen molar-refractivity contribution < 1.29 is 17.6 Å². The third kappa shape index (κ3) is 4.24. The molecule has 0 unspecified atom stereocenters. The van der Waals surface area contributed by atoms with Crippen molar-refractivity contribution >= 4 is 11.8 Å². The zero-order valence-corrected chi connectivity index (χ0v) is 15.3. The fraction of sp³-hybridized carbons (Fsp3) is 0. The quantitative estimate of drug-likeness (QED) is 0.335. The summed E-state index contributed by atoms with van der Waals surface area (Å²) in [6.07, 6.45) is 0. The van der Waals surface area contributed by atoms with Gasteiger partial charge in [-0.15, -0.1) is 0 Å². The molecule has 4 rings (SSSR count). The maximum atomic E-state index is 13.9. The van der Waals surface area contributed by atoms with E-state index in [4.69, 9.17) is 0 Å². The minimum atomic E-state index is -0.959. The molecule has 0 N–H and O–H groups in total. The highest BCUT2D eigenvalue weighted by Gasteiger charge is 2.12. The number of rotatable bonds is 4. The second kappa shape index (κ2) is 7.96. The lowest BCUT2D eigenvalue weighted by atomic mass is 10.2. The summed E-state index contributed by atoms with van der Waals surface area (Å²) < 4.78 is 53.9. The van der Waals surface area contributed by atoms with Gasteiger partial charge in [0.25, 0.3) is 0 Å². The molecule has 0 saturated carbocycles. The zero-order chi connectivity index (χ0) is 20.4. The van der Waals surface area contributed by atoms with Crippen molar-refractivity contribution in [2.24, 2.45) is 0 Å². The van der Waals surface area contributed by atoms with Crippen LogP contribution in [-0.4, -0.2) is 19.9 Å². The molecule has 0 fully saturated rings. The highest BCUT2D eigenvalue weighted by molar-refractivity contribution is 7.99. The lowest BCUT2D eigenvalue weighted by Crippen LogP contribution is -1.95. The molecule has 0 aliphatic heterocycles. The first-order valence-electron chi connectivity index (χ1n) is 8.26. The molecule has 4 nitrogen and oxygen atoms in total. The van der Waals surface area contributed by atoms with Gasteiger partial charge in [-0.1, -0.05) is 23.9 Å². The van der Waals surface area contributed by atoms with E-state index in [0.29, 0.717) is 10.1 Å². The van der Waals surface area contributed by atoms with Crippen LogP contribution >= 0.6 is 11.8 Å². The van der Waals surface area contributed by atoms with E-state index in [-0.39, 0.29) is 22.5 Å². The predicted octanol–water partition coefficient (Wildman–Crippen LogP) is 5.31. The molecule has 0 aliphatic carbocycles. The lowest BCUT2D eigenvalue weighted by molar-refractivity contribution is 0.514. The molecule has 0 radical (unpaired) electrons. The molecule has 4 aromatic rings. The van der Waals surface area contributed by atoms with E-state index in [1.807, 2.05) is 0 Å². The van der Waals surface area contributed by atoms with Crippen molar-refractivity contribution in [1.29, 1.82) is 0 Å². The smallest absolute Gasteiger partial charge is 0.224 e. The largest absolute Gasteiger partial charge is 0.241 e. The van der Waals surface area contributed by atoms with E-state index in [9.17, 15) is 17.6 Å². The van der Waals surface area contributed by atoms with Gasteiger partial charge in [0.2, 0.25) is 23.8 Å². The van der Waals surface area contributed by atoms with Crippen LogP contribution in [0.1, 0.15) is 0 Å². The van der Waals surface area contributed by atoms with E-state index in [0.717, 1.165) is 12.1 Å². The normalized spacial score (nSPS) is 10.9. The molecule has 9 heteroatoms. The molecular formula is C20H10F4N4S. The zero-order valence-electron chi connectivity index (χ0n) is 14.5. The minimum absolute atomic E-state index is 0.0648. The summed E-state index contributed by atoms with van der Waals surface area (Å²) in [5.74, 6) is -3.75. The fourth-order valence-electron chi connectivity index (χ4n) is 2.56. The number of nitrogens with zero attached hydrogens (tertiary/aromatic N) is 4. The van der Waals surface area contributed by atoms with Gasteiger partial charge in [0.1, 0.15) is 10.1 Å². The van der Waals surface area contributed by atoms with Gasteiger partial charge in [0, 0.05) is 0 Å². The molecule has 0 aromatic carbocycles. The van der Waals surface area contributed by atoms with Crippen molar-refractivity contribution in [2.45, 2.75) is 10.1 Å². The van der Waals surface area contributed by atoms with E-state index in [2.05, 4.69) is 19.9 Å².